The molecule has 1 saturated heterocycles. The van der Waals surface area contributed by atoms with E-state index in [2.05, 4.69) is 54.8 Å². The zero-order valence-corrected chi connectivity index (χ0v) is 17.7. The second-order valence-corrected chi connectivity index (χ2v) is 8.31. The summed E-state index contributed by atoms with van der Waals surface area (Å²) in [6.45, 7) is 12.8. The fraction of sp³-hybridized carbons (Fsp3) is 0.636. The number of hydrogen-bond acceptors (Lipinski definition) is 3. The molecule has 0 atom stereocenters. The maximum absolute atomic E-state index is 5.52. The van der Waals surface area contributed by atoms with E-state index >= 15 is 0 Å². The number of anilines is 1. The minimum Gasteiger partial charge on any atom is -0.497 e. The van der Waals surface area contributed by atoms with E-state index in [1.807, 2.05) is 0 Å². The summed E-state index contributed by atoms with van der Waals surface area (Å²) in [7, 11) is 1.76. The number of benzene rings is 1. The molecule has 1 aliphatic carbocycles. The summed E-state index contributed by atoms with van der Waals surface area (Å²) in [6.07, 6.45) is 7.35. The molecule has 1 aromatic rings. The van der Waals surface area contributed by atoms with E-state index in [1.54, 1.807) is 7.11 Å². The predicted octanol–water partition coefficient (Wildman–Crippen LogP) is 5.24. The van der Waals surface area contributed by atoms with Gasteiger partial charge in [0.25, 0.3) is 0 Å². The second kappa shape index (κ2) is 9.14. The van der Waals surface area contributed by atoms with Crippen LogP contribution in [-0.4, -0.2) is 44.7 Å². The number of ether oxygens (including phenoxy) is 1. The Labute approximate surface area is 165 Å². The third-order valence-electron chi connectivity index (χ3n) is 5.78. The van der Waals surface area contributed by atoms with Gasteiger partial charge in [0.1, 0.15) is 5.75 Å². The number of nitrogens with zero attached hydrogens (tertiary/aromatic N) is 2. The highest BCUT2D eigenvalue weighted by atomic mass is 35.5. The standard InChI is InChI=1S/C22H34N2O.ClH/c1-5-12-23-13-15-24(16-14-23)21-17-19(25-4)6-7-20(21)18-8-10-22(2,3)11-9-18;/h6-8,17H,5,9-16H2,1-4H3;1H. The van der Waals surface area contributed by atoms with Crippen LogP contribution < -0.4 is 9.64 Å². The molecule has 0 saturated carbocycles. The van der Waals surface area contributed by atoms with Gasteiger partial charge in [-0.1, -0.05) is 26.8 Å². The van der Waals surface area contributed by atoms with Crippen molar-refractivity contribution in [3.8, 4) is 5.75 Å². The average Bonchev–Trinajstić information content (AvgIpc) is 2.62. The summed E-state index contributed by atoms with van der Waals surface area (Å²) in [4.78, 5) is 5.14. The largest absolute Gasteiger partial charge is 0.497 e. The number of methoxy groups -OCH3 is 1. The molecule has 1 aliphatic heterocycles. The van der Waals surface area contributed by atoms with E-state index in [4.69, 9.17) is 4.74 Å². The molecule has 1 heterocycles. The molecule has 3 rings (SSSR count). The first-order chi connectivity index (χ1) is 12.0. The van der Waals surface area contributed by atoms with Crippen molar-refractivity contribution in [2.45, 2.75) is 46.5 Å². The Bertz CT molecular complexity index is 619. The Morgan fingerprint density at radius 2 is 1.85 bits per heavy atom. The normalized spacial score (nSPS) is 20.3. The third kappa shape index (κ3) is 4.95. The zero-order valence-electron chi connectivity index (χ0n) is 16.9. The van der Waals surface area contributed by atoms with Crippen LogP contribution >= 0.6 is 12.4 Å². The molecule has 0 amide bonds. The summed E-state index contributed by atoms with van der Waals surface area (Å²) < 4.78 is 5.52. The van der Waals surface area contributed by atoms with Crippen molar-refractivity contribution in [1.29, 1.82) is 0 Å². The monoisotopic (exact) mass is 378 g/mol. The molecule has 3 nitrogen and oxygen atoms in total. The van der Waals surface area contributed by atoms with Crippen LogP contribution in [0.15, 0.2) is 24.3 Å². The van der Waals surface area contributed by atoms with Crippen LogP contribution in [0.1, 0.15) is 52.0 Å². The van der Waals surface area contributed by atoms with E-state index in [-0.39, 0.29) is 12.4 Å². The van der Waals surface area contributed by atoms with Crippen LogP contribution in [0.5, 0.6) is 5.75 Å². The highest BCUT2D eigenvalue weighted by Crippen LogP contribution is 2.41. The molecule has 4 heteroatoms. The van der Waals surface area contributed by atoms with Gasteiger partial charge in [-0.3, -0.25) is 4.90 Å². The molecular formula is C22H35ClN2O. The SMILES string of the molecule is CCCN1CCN(c2cc(OC)ccc2C2=CCC(C)(C)CC2)CC1.Cl. The van der Waals surface area contributed by atoms with Gasteiger partial charge in [-0.15, -0.1) is 12.4 Å². The second-order valence-electron chi connectivity index (χ2n) is 8.31. The summed E-state index contributed by atoms with van der Waals surface area (Å²) in [5.41, 5.74) is 4.75. The quantitative estimate of drug-likeness (QED) is 0.696. The maximum Gasteiger partial charge on any atom is 0.120 e. The Balaban J connectivity index is 0.00000243. The molecule has 1 fully saturated rings. The van der Waals surface area contributed by atoms with Crippen molar-refractivity contribution in [3.63, 3.8) is 0 Å². The molecule has 0 unspecified atom stereocenters. The number of hydrogen-bond donors (Lipinski definition) is 0. The average molecular weight is 379 g/mol. The van der Waals surface area contributed by atoms with Gasteiger partial charge >= 0.3 is 0 Å². The lowest BCUT2D eigenvalue weighted by molar-refractivity contribution is 0.258. The van der Waals surface area contributed by atoms with Gasteiger partial charge in [0.15, 0.2) is 0 Å². The molecule has 0 N–H and O–H groups in total. The van der Waals surface area contributed by atoms with E-state index in [1.165, 1.54) is 49.1 Å². The summed E-state index contributed by atoms with van der Waals surface area (Å²) in [6, 6.07) is 6.63. The fourth-order valence-corrected chi connectivity index (χ4v) is 4.02. The van der Waals surface area contributed by atoms with Crippen molar-refractivity contribution < 1.29 is 4.74 Å². The molecule has 2 aliphatic rings. The number of allylic oxidation sites excluding steroid dienone is 2. The predicted molar refractivity (Wildman–Crippen MR) is 115 cm³/mol. The number of piperazine rings is 1. The molecule has 26 heavy (non-hydrogen) atoms. The van der Waals surface area contributed by atoms with Gasteiger partial charge in [-0.2, -0.15) is 0 Å². The molecule has 0 spiro atoms. The minimum absolute atomic E-state index is 0. The van der Waals surface area contributed by atoms with Gasteiger partial charge in [0, 0.05) is 43.5 Å². The van der Waals surface area contributed by atoms with Gasteiger partial charge in [-0.25, -0.2) is 0 Å². The van der Waals surface area contributed by atoms with Crippen LogP contribution in [0, 0.1) is 5.41 Å². The Kier molecular flexibility index (Phi) is 7.42. The van der Waals surface area contributed by atoms with Crippen LogP contribution in [-0.2, 0) is 0 Å². The van der Waals surface area contributed by atoms with Crippen LogP contribution in [0.3, 0.4) is 0 Å². The van der Waals surface area contributed by atoms with Gasteiger partial charge in [0.2, 0.25) is 0 Å². The summed E-state index contributed by atoms with van der Waals surface area (Å²) in [5.74, 6) is 0.964. The van der Waals surface area contributed by atoms with Gasteiger partial charge in [0.05, 0.1) is 7.11 Å². The molecule has 1 aromatic carbocycles. The fourth-order valence-electron chi connectivity index (χ4n) is 4.02. The van der Waals surface area contributed by atoms with Crippen LogP contribution in [0.2, 0.25) is 0 Å². The van der Waals surface area contributed by atoms with Gasteiger partial charge in [-0.05, 0) is 55.3 Å². The van der Waals surface area contributed by atoms with Crippen LogP contribution in [0.25, 0.3) is 5.57 Å². The molecule has 0 radical (unpaired) electrons. The molecule has 146 valence electrons. The highest BCUT2D eigenvalue weighted by molar-refractivity contribution is 5.85. The third-order valence-corrected chi connectivity index (χ3v) is 5.78. The first-order valence-electron chi connectivity index (χ1n) is 9.87. The molecule has 0 bridgehead atoms. The number of rotatable bonds is 5. The van der Waals surface area contributed by atoms with Crippen molar-refractivity contribution in [3.05, 3.63) is 29.8 Å². The number of halogens is 1. The maximum atomic E-state index is 5.52. The van der Waals surface area contributed by atoms with Crippen LogP contribution in [0.4, 0.5) is 5.69 Å². The minimum atomic E-state index is 0. The lowest BCUT2D eigenvalue weighted by atomic mass is 9.77. The highest BCUT2D eigenvalue weighted by Gasteiger charge is 2.25. The van der Waals surface area contributed by atoms with Crippen molar-refractivity contribution in [2.24, 2.45) is 5.41 Å². The first kappa shape index (κ1) is 21.1. The van der Waals surface area contributed by atoms with Gasteiger partial charge < -0.3 is 9.64 Å². The van der Waals surface area contributed by atoms with E-state index in [0.717, 1.165) is 31.9 Å². The smallest absolute Gasteiger partial charge is 0.120 e. The van der Waals surface area contributed by atoms with Crippen molar-refractivity contribution >= 4 is 23.7 Å². The summed E-state index contributed by atoms with van der Waals surface area (Å²) in [5, 5.41) is 0. The van der Waals surface area contributed by atoms with E-state index in [9.17, 15) is 0 Å². The Morgan fingerprint density at radius 1 is 1.12 bits per heavy atom. The van der Waals surface area contributed by atoms with Crippen molar-refractivity contribution in [1.82, 2.24) is 4.90 Å². The zero-order chi connectivity index (χ0) is 17.9. The lowest BCUT2D eigenvalue weighted by Crippen LogP contribution is -2.46. The first-order valence-corrected chi connectivity index (χ1v) is 9.87. The molecular weight excluding hydrogens is 344 g/mol. The Morgan fingerprint density at radius 3 is 2.42 bits per heavy atom. The summed E-state index contributed by atoms with van der Waals surface area (Å²) >= 11 is 0. The van der Waals surface area contributed by atoms with E-state index < -0.39 is 0 Å². The lowest BCUT2D eigenvalue weighted by Gasteiger charge is -2.38. The van der Waals surface area contributed by atoms with Crippen molar-refractivity contribution in [2.75, 3.05) is 44.7 Å². The Hall–Kier alpha value is -1.19. The molecule has 0 aromatic heterocycles. The van der Waals surface area contributed by atoms with E-state index in [0.29, 0.717) is 5.41 Å². The topological polar surface area (TPSA) is 15.7 Å².